The van der Waals surface area contributed by atoms with Crippen LogP contribution < -0.4 is 5.73 Å². The van der Waals surface area contributed by atoms with Gasteiger partial charge in [-0.2, -0.15) is 0 Å². The lowest BCUT2D eigenvalue weighted by Crippen LogP contribution is -2.01. The van der Waals surface area contributed by atoms with Crippen LogP contribution in [0.2, 0.25) is 0 Å². The zero-order chi connectivity index (χ0) is 12.0. The van der Waals surface area contributed by atoms with Crippen LogP contribution in [0.25, 0.3) is 0 Å². The van der Waals surface area contributed by atoms with Gasteiger partial charge in [-0.25, -0.2) is 4.98 Å². The van der Waals surface area contributed by atoms with Crippen molar-refractivity contribution in [3.8, 4) is 0 Å². The van der Waals surface area contributed by atoms with E-state index in [1.807, 2.05) is 11.6 Å². The summed E-state index contributed by atoms with van der Waals surface area (Å²) in [6, 6.07) is 0. The second-order valence-electron chi connectivity index (χ2n) is 4.48. The number of aryl methyl sites for hydroxylation is 2. The highest BCUT2D eigenvalue weighted by molar-refractivity contribution is 5.38. The third-order valence-corrected chi connectivity index (χ3v) is 3.05. The summed E-state index contributed by atoms with van der Waals surface area (Å²) >= 11 is 0. The van der Waals surface area contributed by atoms with Gasteiger partial charge in [-0.3, -0.25) is 0 Å². The van der Waals surface area contributed by atoms with Crippen molar-refractivity contribution < 1.29 is 0 Å². The highest BCUT2D eigenvalue weighted by atomic mass is 15.1. The van der Waals surface area contributed by atoms with E-state index in [4.69, 9.17) is 5.73 Å². The molecule has 3 heteroatoms. The Kier molecular flexibility index (Phi) is 5.36. The van der Waals surface area contributed by atoms with Gasteiger partial charge in [0.1, 0.15) is 11.6 Å². The first kappa shape index (κ1) is 13.1. The lowest BCUT2D eigenvalue weighted by atomic mass is 10.1. The average molecular weight is 223 g/mol. The van der Waals surface area contributed by atoms with Crippen LogP contribution in [-0.2, 0) is 19.9 Å². The van der Waals surface area contributed by atoms with Gasteiger partial charge < -0.3 is 10.3 Å². The van der Waals surface area contributed by atoms with Gasteiger partial charge in [0.25, 0.3) is 0 Å². The molecule has 1 aromatic heterocycles. The van der Waals surface area contributed by atoms with Crippen LogP contribution in [0.1, 0.15) is 57.5 Å². The van der Waals surface area contributed by atoms with Crippen LogP contribution >= 0.6 is 0 Å². The summed E-state index contributed by atoms with van der Waals surface area (Å²) in [5.41, 5.74) is 7.15. The van der Waals surface area contributed by atoms with Crippen LogP contribution in [0.5, 0.6) is 0 Å². The Morgan fingerprint density at radius 1 is 1.06 bits per heavy atom. The van der Waals surface area contributed by atoms with Crippen molar-refractivity contribution >= 4 is 5.82 Å². The zero-order valence-electron chi connectivity index (χ0n) is 10.9. The number of rotatable bonds is 7. The van der Waals surface area contributed by atoms with Gasteiger partial charge in [0.2, 0.25) is 0 Å². The van der Waals surface area contributed by atoms with Gasteiger partial charge in [0.05, 0.1) is 5.69 Å². The molecule has 0 aromatic carbocycles. The summed E-state index contributed by atoms with van der Waals surface area (Å²) in [5, 5.41) is 0. The van der Waals surface area contributed by atoms with E-state index in [9.17, 15) is 0 Å². The fourth-order valence-electron chi connectivity index (χ4n) is 1.97. The minimum atomic E-state index is 0.861. The number of imidazole rings is 1. The monoisotopic (exact) mass is 223 g/mol. The zero-order valence-corrected chi connectivity index (χ0v) is 10.9. The van der Waals surface area contributed by atoms with Crippen molar-refractivity contribution in [1.29, 1.82) is 0 Å². The molecule has 92 valence electrons. The first-order chi connectivity index (χ1) is 7.70. The maximum absolute atomic E-state index is 6.05. The number of unbranched alkanes of at least 4 members (excludes halogenated alkanes) is 3. The maximum atomic E-state index is 6.05. The van der Waals surface area contributed by atoms with Gasteiger partial charge in [-0.05, 0) is 19.3 Å². The number of hydrogen-bond acceptors (Lipinski definition) is 2. The van der Waals surface area contributed by atoms with Gasteiger partial charge >= 0.3 is 0 Å². The second kappa shape index (κ2) is 6.56. The summed E-state index contributed by atoms with van der Waals surface area (Å²) in [6.07, 6.45) is 8.27. The maximum Gasteiger partial charge on any atom is 0.126 e. The molecule has 0 aliphatic rings. The molecule has 3 nitrogen and oxygen atoms in total. The standard InChI is InChI=1S/C13H25N3/c1-4-6-7-8-10-11-13(14)16(3)12(15-11)9-5-2/h4-10,14H2,1-3H3. The lowest BCUT2D eigenvalue weighted by molar-refractivity contribution is 0.661. The molecule has 1 rings (SSSR count). The molecule has 0 unspecified atom stereocenters. The van der Waals surface area contributed by atoms with Crippen molar-refractivity contribution in [3.63, 3.8) is 0 Å². The van der Waals surface area contributed by atoms with Crippen molar-refractivity contribution in [1.82, 2.24) is 9.55 Å². The third kappa shape index (κ3) is 3.26. The number of anilines is 1. The van der Waals surface area contributed by atoms with Crippen molar-refractivity contribution in [2.45, 2.75) is 58.8 Å². The summed E-state index contributed by atoms with van der Waals surface area (Å²) < 4.78 is 2.04. The Morgan fingerprint density at radius 3 is 2.44 bits per heavy atom. The fraction of sp³-hybridized carbons (Fsp3) is 0.769. The van der Waals surface area contributed by atoms with E-state index in [0.29, 0.717) is 0 Å². The van der Waals surface area contributed by atoms with E-state index >= 15 is 0 Å². The molecular weight excluding hydrogens is 198 g/mol. The van der Waals surface area contributed by atoms with Crippen LogP contribution in [0.3, 0.4) is 0 Å². The predicted molar refractivity (Wildman–Crippen MR) is 69.5 cm³/mol. The fourth-order valence-corrected chi connectivity index (χ4v) is 1.97. The molecule has 2 N–H and O–H groups in total. The van der Waals surface area contributed by atoms with Gasteiger partial charge in [-0.1, -0.05) is 33.1 Å². The Morgan fingerprint density at radius 2 is 1.81 bits per heavy atom. The average Bonchev–Trinajstić information content (AvgIpc) is 2.54. The SMILES string of the molecule is CCCCCCc1nc(CCC)n(C)c1N. The summed E-state index contributed by atoms with van der Waals surface area (Å²) in [6.45, 7) is 4.40. The van der Waals surface area contributed by atoms with E-state index in [2.05, 4.69) is 18.8 Å². The number of nitrogens with zero attached hydrogens (tertiary/aromatic N) is 2. The number of nitrogens with two attached hydrogens (primary N) is 1. The molecule has 1 heterocycles. The molecule has 0 saturated heterocycles. The number of hydrogen-bond donors (Lipinski definition) is 1. The molecule has 0 amide bonds. The largest absolute Gasteiger partial charge is 0.384 e. The minimum absolute atomic E-state index is 0.861. The number of nitrogen functional groups attached to an aromatic ring is 1. The summed E-state index contributed by atoms with van der Waals surface area (Å²) in [4.78, 5) is 4.63. The Labute approximate surface area is 99.1 Å². The Balaban J connectivity index is 2.55. The molecule has 0 saturated carbocycles. The first-order valence-electron chi connectivity index (χ1n) is 6.50. The number of aromatic nitrogens is 2. The smallest absolute Gasteiger partial charge is 0.126 e. The highest BCUT2D eigenvalue weighted by Crippen LogP contribution is 2.17. The van der Waals surface area contributed by atoms with Gasteiger partial charge in [0, 0.05) is 13.5 Å². The van der Waals surface area contributed by atoms with Crippen LogP contribution in [-0.4, -0.2) is 9.55 Å². The second-order valence-corrected chi connectivity index (χ2v) is 4.48. The van der Waals surface area contributed by atoms with Crippen molar-refractivity contribution in [2.75, 3.05) is 5.73 Å². The van der Waals surface area contributed by atoms with Crippen LogP contribution in [0.15, 0.2) is 0 Å². The molecule has 16 heavy (non-hydrogen) atoms. The quantitative estimate of drug-likeness (QED) is 0.722. The molecule has 0 aliphatic heterocycles. The topological polar surface area (TPSA) is 43.8 Å². The van der Waals surface area contributed by atoms with Crippen molar-refractivity contribution in [3.05, 3.63) is 11.5 Å². The van der Waals surface area contributed by atoms with E-state index in [1.165, 1.54) is 25.7 Å². The van der Waals surface area contributed by atoms with E-state index < -0.39 is 0 Å². The van der Waals surface area contributed by atoms with Gasteiger partial charge in [0.15, 0.2) is 0 Å². The van der Waals surface area contributed by atoms with E-state index in [-0.39, 0.29) is 0 Å². The molecule has 1 aromatic rings. The van der Waals surface area contributed by atoms with E-state index in [0.717, 1.165) is 36.6 Å². The van der Waals surface area contributed by atoms with Crippen LogP contribution in [0, 0.1) is 0 Å². The Bertz CT molecular complexity index is 315. The minimum Gasteiger partial charge on any atom is -0.384 e. The highest BCUT2D eigenvalue weighted by Gasteiger charge is 2.10. The molecule has 0 atom stereocenters. The molecule has 0 fully saturated rings. The molecular formula is C13H25N3. The lowest BCUT2D eigenvalue weighted by Gasteiger charge is -2.01. The molecule has 0 spiro atoms. The first-order valence-corrected chi connectivity index (χ1v) is 6.50. The summed E-state index contributed by atoms with van der Waals surface area (Å²) in [5.74, 6) is 1.99. The Hall–Kier alpha value is -0.990. The van der Waals surface area contributed by atoms with Gasteiger partial charge in [-0.15, -0.1) is 0 Å². The normalized spacial score (nSPS) is 10.9. The summed E-state index contributed by atoms with van der Waals surface area (Å²) in [7, 11) is 2.02. The molecule has 0 aliphatic carbocycles. The van der Waals surface area contributed by atoms with Crippen LogP contribution in [0.4, 0.5) is 5.82 Å². The third-order valence-electron chi connectivity index (χ3n) is 3.05. The predicted octanol–water partition coefficient (Wildman–Crippen LogP) is 3.08. The van der Waals surface area contributed by atoms with Crippen molar-refractivity contribution in [2.24, 2.45) is 7.05 Å². The molecule has 0 bridgehead atoms. The van der Waals surface area contributed by atoms with E-state index in [1.54, 1.807) is 0 Å². The molecule has 0 radical (unpaired) electrons.